The summed E-state index contributed by atoms with van der Waals surface area (Å²) in [4.78, 5) is 30.4. The zero-order valence-electron chi connectivity index (χ0n) is 16.9. The number of carboxylic acids is 1. The summed E-state index contributed by atoms with van der Waals surface area (Å²) in [6, 6.07) is 8.41. The molecule has 1 aromatic carbocycles. The van der Waals surface area contributed by atoms with E-state index in [0.717, 1.165) is 24.8 Å². The number of benzene rings is 1. The van der Waals surface area contributed by atoms with Crippen LogP contribution < -0.4 is 0 Å². The number of hydrogen-bond acceptors (Lipinski definition) is 2. The van der Waals surface area contributed by atoms with Gasteiger partial charge in [0.25, 0.3) is 0 Å². The number of aromatic amines is 1. The van der Waals surface area contributed by atoms with Gasteiger partial charge >= 0.3 is 5.97 Å². The van der Waals surface area contributed by atoms with Gasteiger partial charge in [-0.25, -0.2) is 0 Å². The van der Waals surface area contributed by atoms with Crippen LogP contribution in [-0.2, 0) is 9.59 Å². The molecule has 5 nitrogen and oxygen atoms in total. The molecule has 150 valence electrons. The van der Waals surface area contributed by atoms with Gasteiger partial charge in [-0.3, -0.25) is 9.59 Å². The number of rotatable bonds is 4. The zero-order valence-corrected chi connectivity index (χ0v) is 16.9. The number of aromatic nitrogens is 1. The third kappa shape index (κ3) is 3.21. The summed E-state index contributed by atoms with van der Waals surface area (Å²) >= 11 is 0. The van der Waals surface area contributed by atoms with Gasteiger partial charge in [0.15, 0.2) is 0 Å². The Morgan fingerprint density at radius 1 is 1.29 bits per heavy atom. The summed E-state index contributed by atoms with van der Waals surface area (Å²) in [6.07, 6.45) is 5.62. The van der Waals surface area contributed by atoms with Crippen molar-refractivity contribution in [3.63, 3.8) is 0 Å². The molecule has 2 heterocycles. The number of amides is 1. The van der Waals surface area contributed by atoms with Crippen molar-refractivity contribution in [2.75, 3.05) is 0 Å². The van der Waals surface area contributed by atoms with E-state index in [9.17, 15) is 14.7 Å². The minimum absolute atomic E-state index is 0.0475. The van der Waals surface area contributed by atoms with Crippen LogP contribution in [0.15, 0.2) is 30.5 Å². The molecule has 5 heteroatoms. The summed E-state index contributed by atoms with van der Waals surface area (Å²) in [7, 11) is 0. The average Bonchev–Trinajstić information content (AvgIpc) is 3.04. The molecule has 0 radical (unpaired) electrons. The Labute approximate surface area is 166 Å². The topological polar surface area (TPSA) is 73.4 Å². The number of carbonyl (C=O) groups is 2. The molecule has 2 aliphatic rings. The number of likely N-dealkylation sites (tertiary alicyclic amines) is 1. The fourth-order valence-corrected chi connectivity index (χ4v) is 5.74. The number of nitrogens with zero attached hydrogens (tertiary/aromatic N) is 1. The minimum Gasteiger partial charge on any atom is -0.481 e. The SMILES string of the molecule is CC(CC(=O)N1C(C)CC2CC1CC(C)(C(=O)O)C2)c1c[nH]c2ccccc12. The maximum absolute atomic E-state index is 13.3. The van der Waals surface area contributed by atoms with Gasteiger partial charge < -0.3 is 15.0 Å². The van der Waals surface area contributed by atoms with Crippen molar-refractivity contribution in [1.82, 2.24) is 9.88 Å². The van der Waals surface area contributed by atoms with E-state index < -0.39 is 11.4 Å². The molecule has 2 aromatic rings. The third-order valence-electron chi connectivity index (χ3n) is 7.01. The molecule has 1 saturated heterocycles. The number of piperidine rings is 1. The highest BCUT2D eigenvalue weighted by atomic mass is 16.4. The van der Waals surface area contributed by atoms with Crippen LogP contribution in [0.1, 0.15) is 64.4 Å². The van der Waals surface area contributed by atoms with Gasteiger partial charge in [0.1, 0.15) is 0 Å². The lowest BCUT2D eigenvalue weighted by Gasteiger charge is -2.51. The van der Waals surface area contributed by atoms with Crippen LogP contribution in [0.25, 0.3) is 10.9 Å². The molecule has 1 amide bonds. The molecule has 5 atom stereocenters. The summed E-state index contributed by atoms with van der Waals surface area (Å²) in [6.45, 7) is 6.08. The van der Waals surface area contributed by atoms with Crippen LogP contribution in [0.5, 0.6) is 0 Å². The van der Waals surface area contributed by atoms with Crippen molar-refractivity contribution >= 4 is 22.8 Å². The summed E-state index contributed by atoms with van der Waals surface area (Å²) in [5, 5.41) is 10.9. The van der Waals surface area contributed by atoms with Crippen molar-refractivity contribution in [3.05, 3.63) is 36.0 Å². The molecule has 4 rings (SSSR count). The van der Waals surface area contributed by atoms with Gasteiger partial charge in [0.05, 0.1) is 5.41 Å². The Bertz CT molecular complexity index is 902. The third-order valence-corrected chi connectivity index (χ3v) is 7.01. The average molecular weight is 383 g/mol. The maximum atomic E-state index is 13.3. The van der Waals surface area contributed by atoms with E-state index in [1.165, 1.54) is 10.9 Å². The fourth-order valence-electron chi connectivity index (χ4n) is 5.74. The van der Waals surface area contributed by atoms with E-state index >= 15 is 0 Å². The molecule has 2 fully saturated rings. The van der Waals surface area contributed by atoms with Gasteiger partial charge in [0, 0.05) is 35.6 Å². The molecule has 5 unspecified atom stereocenters. The van der Waals surface area contributed by atoms with Crippen LogP contribution in [-0.4, -0.2) is 39.0 Å². The highest BCUT2D eigenvalue weighted by Gasteiger charge is 2.49. The van der Waals surface area contributed by atoms with Crippen molar-refractivity contribution in [2.45, 2.75) is 70.9 Å². The van der Waals surface area contributed by atoms with Crippen LogP contribution in [0.4, 0.5) is 0 Å². The van der Waals surface area contributed by atoms with Crippen molar-refractivity contribution in [1.29, 1.82) is 0 Å². The zero-order chi connectivity index (χ0) is 20.1. The van der Waals surface area contributed by atoms with Gasteiger partial charge in [0.2, 0.25) is 5.91 Å². The monoisotopic (exact) mass is 382 g/mol. The lowest BCUT2D eigenvalue weighted by Crippen LogP contribution is -2.57. The van der Waals surface area contributed by atoms with E-state index in [1.807, 2.05) is 30.2 Å². The lowest BCUT2D eigenvalue weighted by atomic mass is 9.64. The van der Waals surface area contributed by atoms with Crippen LogP contribution in [0.3, 0.4) is 0 Å². The molecule has 1 aromatic heterocycles. The van der Waals surface area contributed by atoms with E-state index in [4.69, 9.17) is 0 Å². The Morgan fingerprint density at radius 2 is 2.04 bits per heavy atom. The second-order valence-corrected chi connectivity index (χ2v) is 9.31. The van der Waals surface area contributed by atoms with Gasteiger partial charge in [-0.15, -0.1) is 0 Å². The van der Waals surface area contributed by atoms with Crippen molar-refractivity contribution in [3.8, 4) is 0 Å². The second-order valence-electron chi connectivity index (χ2n) is 9.31. The molecule has 28 heavy (non-hydrogen) atoms. The van der Waals surface area contributed by atoms with E-state index in [0.29, 0.717) is 18.8 Å². The first-order valence-corrected chi connectivity index (χ1v) is 10.4. The normalized spacial score (nSPS) is 31.0. The lowest BCUT2D eigenvalue weighted by molar-refractivity contribution is -0.159. The Morgan fingerprint density at radius 3 is 2.79 bits per heavy atom. The minimum atomic E-state index is -0.726. The van der Waals surface area contributed by atoms with Gasteiger partial charge in [-0.2, -0.15) is 0 Å². The molecular weight excluding hydrogens is 352 g/mol. The first-order valence-electron chi connectivity index (χ1n) is 10.4. The Hall–Kier alpha value is -2.30. The molecular formula is C23H30N2O3. The molecule has 1 saturated carbocycles. The Balaban J connectivity index is 1.53. The quantitative estimate of drug-likeness (QED) is 0.815. The highest BCUT2D eigenvalue weighted by molar-refractivity contribution is 5.85. The number of hydrogen-bond donors (Lipinski definition) is 2. The standard InChI is InChI=1S/C23H30N2O3/c1-14(19-13-24-20-7-5-4-6-18(19)20)8-21(26)25-15(2)9-16-10-17(25)12-23(3,11-16)22(27)28/h4-7,13-17,24H,8-12H2,1-3H3,(H,27,28). The predicted octanol–water partition coefficient (Wildman–Crippen LogP) is 4.54. The number of fused-ring (bicyclic) bond motifs is 3. The maximum Gasteiger partial charge on any atom is 0.309 e. The van der Waals surface area contributed by atoms with E-state index in [2.05, 4.69) is 31.0 Å². The van der Waals surface area contributed by atoms with E-state index in [1.54, 1.807) is 0 Å². The number of para-hydroxylation sites is 1. The summed E-state index contributed by atoms with van der Waals surface area (Å²) < 4.78 is 0. The molecule has 2 bridgehead atoms. The first kappa shape index (κ1) is 19.0. The van der Waals surface area contributed by atoms with Gasteiger partial charge in [-0.05, 0) is 63.0 Å². The smallest absolute Gasteiger partial charge is 0.309 e. The largest absolute Gasteiger partial charge is 0.481 e. The summed E-state index contributed by atoms with van der Waals surface area (Å²) in [5.74, 6) is -0.0485. The first-order chi connectivity index (χ1) is 13.3. The Kier molecular flexibility index (Phi) is 4.72. The number of aliphatic carboxylic acids is 1. The van der Waals surface area contributed by atoms with E-state index in [-0.39, 0.29) is 23.9 Å². The number of H-pyrrole nitrogens is 1. The van der Waals surface area contributed by atoms with Crippen molar-refractivity contribution in [2.24, 2.45) is 11.3 Å². The molecule has 1 aliphatic carbocycles. The predicted molar refractivity (Wildman–Crippen MR) is 109 cm³/mol. The number of carboxylic acid groups (broad SMARTS) is 1. The van der Waals surface area contributed by atoms with Crippen LogP contribution in [0, 0.1) is 11.3 Å². The van der Waals surface area contributed by atoms with Crippen LogP contribution >= 0.6 is 0 Å². The molecule has 2 N–H and O–H groups in total. The summed E-state index contributed by atoms with van der Waals surface area (Å²) in [5.41, 5.74) is 1.55. The van der Waals surface area contributed by atoms with Crippen LogP contribution in [0.2, 0.25) is 0 Å². The van der Waals surface area contributed by atoms with Gasteiger partial charge in [-0.1, -0.05) is 25.1 Å². The molecule has 1 aliphatic heterocycles. The number of nitrogens with one attached hydrogen (secondary N) is 1. The second kappa shape index (κ2) is 6.94. The fraction of sp³-hybridized carbons (Fsp3) is 0.565. The van der Waals surface area contributed by atoms with Crippen molar-refractivity contribution < 1.29 is 14.7 Å². The highest BCUT2D eigenvalue weighted by Crippen LogP contribution is 2.47. The molecule has 0 spiro atoms. The number of carbonyl (C=O) groups excluding carboxylic acids is 1.